The van der Waals surface area contributed by atoms with E-state index in [1.54, 1.807) is 0 Å². The molecule has 0 spiro atoms. The van der Waals surface area contributed by atoms with Crippen LogP contribution >= 0.6 is 0 Å². The summed E-state index contributed by atoms with van der Waals surface area (Å²) in [5.41, 5.74) is 1.20. The molecular formula is C16H21N5O. The SMILES string of the molecule is CCCC(=O)Nc1nc2n(n1)[C@@H](c1ccccc1)C[C@H](C)N2. The standard InChI is InChI=1S/C16H21N5O/c1-3-7-14(22)18-15-19-16-17-11(2)10-13(21(16)20-15)12-8-5-4-6-9-12/h4-6,8-9,11,13H,3,7,10H2,1-2H3,(H2,17,18,19,20,22)/t11-,13+/m0/s1. The second kappa shape index (κ2) is 6.17. The highest BCUT2D eigenvalue weighted by atomic mass is 16.1. The van der Waals surface area contributed by atoms with Crippen LogP contribution in [0.5, 0.6) is 0 Å². The topological polar surface area (TPSA) is 71.8 Å². The van der Waals surface area contributed by atoms with Crippen LogP contribution in [0.15, 0.2) is 30.3 Å². The molecule has 1 aliphatic heterocycles. The number of fused-ring (bicyclic) bond motifs is 1. The molecule has 22 heavy (non-hydrogen) atoms. The van der Waals surface area contributed by atoms with Gasteiger partial charge in [0.25, 0.3) is 5.95 Å². The monoisotopic (exact) mass is 299 g/mol. The van der Waals surface area contributed by atoms with Crippen LogP contribution in [0.4, 0.5) is 11.9 Å². The molecule has 0 saturated carbocycles. The molecule has 0 aliphatic carbocycles. The third-order valence-corrected chi connectivity index (χ3v) is 3.79. The molecule has 2 heterocycles. The molecule has 1 aliphatic rings. The van der Waals surface area contributed by atoms with Gasteiger partial charge in [0.05, 0.1) is 6.04 Å². The van der Waals surface area contributed by atoms with Gasteiger partial charge in [-0.3, -0.25) is 10.1 Å². The van der Waals surface area contributed by atoms with Crippen LogP contribution < -0.4 is 10.6 Å². The lowest BCUT2D eigenvalue weighted by Gasteiger charge is -2.29. The molecule has 1 aromatic carbocycles. The van der Waals surface area contributed by atoms with Crippen LogP contribution in [-0.4, -0.2) is 26.7 Å². The molecular weight excluding hydrogens is 278 g/mol. The van der Waals surface area contributed by atoms with Gasteiger partial charge in [-0.05, 0) is 25.3 Å². The Kier molecular flexibility index (Phi) is 4.09. The van der Waals surface area contributed by atoms with E-state index in [1.807, 2.05) is 29.8 Å². The Balaban J connectivity index is 1.89. The molecule has 116 valence electrons. The van der Waals surface area contributed by atoms with Crippen LogP contribution in [0, 0.1) is 0 Å². The highest BCUT2D eigenvalue weighted by Gasteiger charge is 2.28. The number of rotatable bonds is 4. The fourth-order valence-corrected chi connectivity index (χ4v) is 2.77. The van der Waals surface area contributed by atoms with Gasteiger partial charge in [-0.2, -0.15) is 4.98 Å². The summed E-state index contributed by atoms with van der Waals surface area (Å²) in [4.78, 5) is 16.1. The van der Waals surface area contributed by atoms with Crippen molar-refractivity contribution < 1.29 is 4.79 Å². The number of anilines is 2. The maximum atomic E-state index is 11.7. The Labute approximate surface area is 129 Å². The molecule has 6 heteroatoms. The third-order valence-electron chi connectivity index (χ3n) is 3.79. The van der Waals surface area contributed by atoms with Crippen molar-refractivity contribution in [2.45, 2.75) is 45.2 Å². The van der Waals surface area contributed by atoms with E-state index in [0.29, 0.717) is 24.4 Å². The molecule has 0 fully saturated rings. The van der Waals surface area contributed by atoms with Gasteiger partial charge in [0.15, 0.2) is 0 Å². The normalized spacial score (nSPS) is 20.1. The summed E-state index contributed by atoms with van der Waals surface area (Å²) in [6.45, 7) is 4.10. The highest BCUT2D eigenvalue weighted by Crippen LogP contribution is 2.31. The van der Waals surface area contributed by atoms with Crippen LogP contribution in [0.2, 0.25) is 0 Å². The molecule has 2 aromatic rings. The molecule has 0 saturated heterocycles. The second-order valence-corrected chi connectivity index (χ2v) is 5.71. The lowest BCUT2D eigenvalue weighted by atomic mass is 9.99. The Bertz CT molecular complexity index is 652. The van der Waals surface area contributed by atoms with Gasteiger partial charge < -0.3 is 5.32 Å². The molecule has 0 radical (unpaired) electrons. The number of aromatic nitrogens is 3. The van der Waals surface area contributed by atoms with Crippen molar-refractivity contribution in [2.75, 3.05) is 10.6 Å². The number of carbonyl (C=O) groups is 1. The fourth-order valence-electron chi connectivity index (χ4n) is 2.77. The van der Waals surface area contributed by atoms with Gasteiger partial charge in [0.1, 0.15) is 0 Å². The number of nitrogens with zero attached hydrogens (tertiary/aromatic N) is 3. The van der Waals surface area contributed by atoms with Crippen LogP contribution in [0.1, 0.15) is 44.7 Å². The van der Waals surface area contributed by atoms with E-state index in [0.717, 1.165) is 12.8 Å². The zero-order valence-corrected chi connectivity index (χ0v) is 12.9. The zero-order valence-electron chi connectivity index (χ0n) is 12.9. The van der Waals surface area contributed by atoms with Gasteiger partial charge in [0.2, 0.25) is 11.9 Å². The van der Waals surface area contributed by atoms with E-state index in [-0.39, 0.29) is 11.9 Å². The molecule has 2 N–H and O–H groups in total. The first-order valence-electron chi connectivity index (χ1n) is 7.75. The first-order valence-corrected chi connectivity index (χ1v) is 7.75. The highest BCUT2D eigenvalue weighted by molar-refractivity contribution is 5.88. The van der Waals surface area contributed by atoms with Crippen molar-refractivity contribution in [3.8, 4) is 0 Å². The van der Waals surface area contributed by atoms with Gasteiger partial charge in [-0.1, -0.05) is 37.3 Å². The predicted octanol–water partition coefficient (Wildman–Crippen LogP) is 2.81. The minimum atomic E-state index is -0.0465. The van der Waals surface area contributed by atoms with E-state index in [2.05, 4.69) is 39.8 Å². The molecule has 6 nitrogen and oxygen atoms in total. The average Bonchev–Trinajstić information content (AvgIpc) is 2.89. The molecule has 3 rings (SSSR count). The first-order chi connectivity index (χ1) is 10.7. The molecule has 1 aromatic heterocycles. The van der Waals surface area contributed by atoms with Crippen LogP contribution in [0.25, 0.3) is 0 Å². The lowest BCUT2D eigenvalue weighted by Crippen LogP contribution is -2.31. The van der Waals surface area contributed by atoms with Gasteiger partial charge in [-0.15, -0.1) is 5.10 Å². The van der Waals surface area contributed by atoms with Crippen molar-refractivity contribution >= 4 is 17.8 Å². The van der Waals surface area contributed by atoms with Crippen molar-refractivity contribution in [3.05, 3.63) is 35.9 Å². The molecule has 0 bridgehead atoms. The molecule has 2 atom stereocenters. The largest absolute Gasteiger partial charge is 0.352 e. The summed E-state index contributed by atoms with van der Waals surface area (Å²) in [6.07, 6.45) is 2.22. The Morgan fingerprint density at radius 3 is 2.91 bits per heavy atom. The van der Waals surface area contributed by atoms with Crippen molar-refractivity contribution in [2.24, 2.45) is 0 Å². The van der Waals surface area contributed by atoms with E-state index in [4.69, 9.17) is 0 Å². The Morgan fingerprint density at radius 2 is 2.18 bits per heavy atom. The lowest BCUT2D eigenvalue weighted by molar-refractivity contribution is -0.116. The van der Waals surface area contributed by atoms with E-state index < -0.39 is 0 Å². The zero-order chi connectivity index (χ0) is 15.5. The summed E-state index contributed by atoms with van der Waals surface area (Å²) in [6, 6.07) is 10.7. The maximum absolute atomic E-state index is 11.7. The number of hydrogen-bond donors (Lipinski definition) is 2. The van der Waals surface area contributed by atoms with Crippen LogP contribution in [-0.2, 0) is 4.79 Å². The Hall–Kier alpha value is -2.37. The van der Waals surface area contributed by atoms with E-state index in [9.17, 15) is 4.79 Å². The van der Waals surface area contributed by atoms with Crippen molar-refractivity contribution in [1.29, 1.82) is 0 Å². The first kappa shape index (κ1) is 14.6. The maximum Gasteiger partial charge on any atom is 0.250 e. The number of hydrogen-bond acceptors (Lipinski definition) is 4. The minimum Gasteiger partial charge on any atom is -0.352 e. The number of carbonyl (C=O) groups excluding carboxylic acids is 1. The quantitative estimate of drug-likeness (QED) is 0.910. The smallest absolute Gasteiger partial charge is 0.250 e. The fraction of sp³-hybridized carbons (Fsp3) is 0.438. The summed E-state index contributed by atoms with van der Waals surface area (Å²) < 4.78 is 1.87. The summed E-state index contributed by atoms with van der Waals surface area (Å²) in [5, 5.41) is 10.6. The average molecular weight is 299 g/mol. The number of amides is 1. The summed E-state index contributed by atoms with van der Waals surface area (Å²) in [7, 11) is 0. The van der Waals surface area contributed by atoms with Crippen molar-refractivity contribution in [1.82, 2.24) is 14.8 Å². The van der Waals surface area contributed by atoms with E-state index >= 15 is 0 Å². The summed E-state index contributed by atoms with van der Waals surface area (Å²) >= 11 is 0. The third kappa shape index (κ3) is 2.95. The van der Waals surface area contributed by atoms with E-state index in [1.165, 1.54) is 5.56 Å². The van der Waals surface area contributed by atoms with Gasteiger partial charge in [0, 0.05) is 12.5 Å². The predicted molar refractivity (Wildman–Crippen MR) is 85.8 cm³/mol. The minimum absolute atomic E-state index is 0.0465. The second-order valence-electron chi connectivity index (χ2n) is 5.71. The van der Waals surface area contributed by atoms with Gasteiger partial charge in [-0.25, -0.2) is 4.68 Å². The van der Waals surface area contributed by atoms with Crippen molar-refractivity contribution in [3.63, 3.8) is 0 Å². The van der Waals surface area contributed by atoms with Gasteiger partial charge >= 0.3 is 0 Å². The molecule has 1 amide bonds. The van der Waals surface area contributed by atoms with Crippen LogP contribution in [0.3, 0.4) is 0 Å². The summed E-state index contributed by atoms with van der Waals surface area (Å²) in [5.74, 6) is 1.03. The molecule has 0 unspecified atom stereocenters. The number of benzene rings is 1. The number of nitrogens with one attached hydrogen (secondary N) is 2. The Morgan fingerprint density at radius 1 is 1.41 bits per heavy atom.